The molecule has 2 rings (SSSR count). The summed E-state index contributed by atoms with van der Waals surface area (Å²) in [6.07, 6.45) is 5.68. The number of carbonyl (C=O) groups excluding carboxylic acids is 1. The molecule has 2 atom stereocenters. The molecule has 7 heteroatoms. The molecule has 0 aliphatic carbocycles. The van der Waals surface area contributed by atoms with Crippen molar-refractivity contribution in [3.63, 3.8) is 0 Å². The molecule has 1 aromatic rings. The summed E-state index contributed by atoms with van der Waals surface area (Å²) < 4.78 is 1.66. The average Bonchev–Trinajstić information content (AvgIpc) is 2.82. The Bertz CT molecular complexity index is 370. The SMILES string of the molecule is CC(N)C1CCCN(C(=O)Cn2cccn2)C1.Cl.Cl. The van der Waals surface area contributed by atoms with Crippen LogP contribution < -0.4 is 5.73 Å². The van der Waals surface area contributed by atoms with Gasteiger partial charge in [0.05, 0.1) is 0 Å². The summed E-state index contributed by atoms with van der Waals surface area (Å²) in [5.74, 6) is 0.573. The molecule has 1 aliphatic heterocycles. The predicted molar refractivity (Wildman–Crippen MR) is 79.7 cm³/mol. The van der Waals surface area contributed by atoms with Crippen molar-refractivity contribution in [1.82, 2.24) is 14.7 Å². The molecule has 2 heterocycles. The van der Waals surface area contributed by atoms with Crippen molar-refractivity contribution in [3.05, 3.63) is 18.5 Å². The Morgan fingerprint density at radius 3 is 2.84 bits per heavy atom. The molecule has 1 fully saturated rings. The Labute approximate surface area is 126 Å². The van der Waals surface area contributed by atoms with E-state index in [2.05, 4.69) is 5.10 Å². The number of nitrogens with two attached hydrogens (primary N) is 1. The maximum Gasteiger partial charge on any atom is 0.244 e. The van der Waals surface area contributed by atoms with Crippen LogP contribution >= 0.6 is 24.8 Å². The van der Waals surface area contributed by atoms with Crippen LogP contribution in [0, 0.1) is 5.92 Å². The van der Waals surface area contributed by atoms with Gasteiger partial charge in [-0.05, 0) is 31.7 Å². The van der Waals surface area contributed by atoms with Crippen molar-refractivity contribution in [1.29, 1.82) is 0 Å². The minimum absolute atomic E-state index is 0. The van der Waals surface area contributed by atoms with Crippen LogP contribution in [0.2, 0.25) is 0 Å². The van der Waals surface area contributed by atoms with Gasteiger partial charge in [0.15, 0.2) is 0 Å². The Balaban J connectivity index is 0.00000162. The molecule has 19 heavy (non-hydrogen) atoms. The van der Waals surface area contributed by atoms with Gasteiger partial charge in [-0.15, -0.1) is 24.8 Å². The minimum Gasteiger partial charge on any atom is -0.341 e. The summed E-state index contributed by atoms with van der Waals surface area (Å²) in [7, 11) is 0. The molecule has 1 amide bonds. The summed E-state index contributed by atoms with van der Waals surface area (Å²) in [5, 5.41) is 4.05. The van der Waals surface area contributed by atoms with Gasteiger partial charge < -0.3 is 10.6 Å². The van der Waals surface area contributed by atoms with Gasteiger partial charge in [-0.25, -0.2) is 0 Å². The Kier molecular flexibility index (Phi) is 8.06. The number of likely N-dealkylation sites (tertiary alicyclic amines) is 1. The fraction of sp³-hybridized carbons (Fsp3) is 0.667. The molecule has 0 spiro atoms. The van der Waals surface area contributed by atoms with Gasteiger partial charge >= 0.3 is 0 Å². The largest absolute Gasteiger partial charge is 0.341 e. The first-order chi connectivity index (χ1) is 8.16. The standard InChI is InChI=1S/C12H20N4O.2ClH/c1-10(13)11-4-2-6-15(8-11)12(17)9-16-7-3-5-14-16;;/h3,5,7,10-11H,2,4,6,8-9,13H2,1H3;2*1H. The summed E-state index contributed by atoms with van der Waals surface area (Å²) >= 11 is 0. The monoisotopic (exact) mass is 308 g/mol. The maximum absolute atomic E-state index is 12.1. The number of carbonyl (C=O) groups is 1. The molecule has 2 N–H and O–H groups in total. The number of rotatable bonds is 3. The molecule has 2 unspecified atom stereocenters. The number of hydrogen-bond acceptors (Lipinski definition) is 3. The minimum atomic E-state index is 0. The summed E-state index contributed by atoms with van der Waals surface area (Å²) in [6.45, 7) is 3.99. The second kappa shape index (κ2) is 8.40. The van der Waals surface area contributed by atoms with E-state index in [1.165, 1.54) is 0 Å². The van der Waals surface area contributed by atoms with Crippen molar-refractivity contribution in [2.75, 3.05) is 13.1 Å². The van der Waals surface area contributed by atoms with Crippen molar-refractivity contribution in [2.24, 2.45) is 11.7 Å². The maximum atomic E-state index is 12.1. The first-order valence-electron chi connectivity index (χ1n) is 6.17. The molecule has 1 aliphatic rings. The molecule has 0 bridgehead atoms. The lowest BCUT2D eigenvalue weighted by molar-refractivity contribution is -0.134. The number of halogens is 2. The van der Waals surface area contributed by atoms with E-state index in [4.69, 9.17) is 5.73 Å². The highest BCUT2D eigenvalue weighted by Crippen LogP contribution is 2.18. The fourth-order valence-electron chi connectivity index (χ4n) is 2.30. The fourth-order valence-corrected chi connectivity index (χ4v) is 2.30. The van der Waals surface area contributed by atoms with Crippen LogP contribution in [0.5, 0.6) is 0 Å². The van der Waals surface area contributed by atoms with Crippen molar-refractivity contribution in [3.8, 4) is 0 Å². The van der Waals surface area contributed by atoms with Gasteiger partial charge in [0.1, 0.15) is 6.54 Å². The normalized spacial score (nSPS) is 20.1. The highest BCUT2D eigenvalue weighted by molar-refractivity contribution is 5.85. The van der Waals surface area contributed by atoms with Crippen LogP contribution in [-0.4, -0.2) is 39.7 Å². The van der Waals surface area contributed by atoms with Gasteiger partial charge in [-0.1, -0.05) is 0 Å². The smallest absolute Gasteiger partial charge is 0.244 e. The van der Waals surface area contributed by atoms with Crippen LogP contribution in [0.15, 0.2) is 18.5 Å². The van der Waals surface area contributed by atoms with Crippen LogP contribution in [0.25, 0.3) is 0 Å². The number of nitrogens with zero attached hydrogens (tertiary/aromatic N) is 3. The molecule has 0 aromatic carbocycles. The zero-order chi connectivity index (χ0) is 12.3. The molecule has 1 saturated heterocycles. The van der Waals surface area contributed by atoms with E-state index >= 15 is 0 Å². The predicted octanol–water partition coefficient (Wildman–Crippen LogP) is 1.31. The van der Waals surface area contributed by atoms with Crippen molar-refractivity contribution in [2.45, 2.75) is 32.4 Å². The van der Waals surface area contributed by atoms with Crippen LogP contribution in [0.3, 0.4) is 0 Å². The molecule has 5 nitrogen and oxygen atoms in total. The topological polar surface area (TPSA) is 64.2 Å². The molecular weight excluding hydrogens is 287 g/mol. The van der Waals surface area contributed by atoms with Crippen molar-refractivity contribution >= 4 is 30.7 Å². The van der Waals surface area contributed by atoms with E-state index in [9.17, 15) is 4.79 Å². The third kappa shape index (κ3) is 5.01. The van der Waals surface area contributed by atoms with E-state index < -0.39 is 0 Å². The highest BCUT2D eigenvalue weighted by Gasteiger charge is 2.25. The first kappa shape index (κ1) is 18.2. The quantitative estimate of drug-likeness (QED) is 0.916. The third-order valence-corrected chi connectivity index (χ3v) is 3.41. The number of piperidine rings is 1. The Hall–Kier alpha value is -0.780. The molecule has 110 valence electrons. The van der Waals surface area contributed by atoms with Gasteiger partial charge in [-0.2, -0.15) is 5.10 Å². The second-order valence-electron chi connectivity index (χ2n) is 4.80. The third-order valence-electron chi connectivity index (χ3n) is 3.41. The van der Waals surface area contributed by atoms with Gasteiger partial charge in [0.2, 0.25) is 5.91 Å². The lowest BCUT2D eigenvalue weighted by Gasteiger charge is -2.34. The van der Waals surface area contributed by atoms with E-state index in [0.717, 1.165) is 25.9 Å². The zero-order valence-electron chi connectivity index (χ0n) is 11.1. The Morgan fingerprint density at radius 2 is 2.26 bits per heavy atom. The second-order valence-corrected chi connectivity index (χ2v) is 4.80. The summed E-state index contributed by atoms with van der Waals surface area (Å²) in [5.41, 5.74) is 5.91. The molecular formula is C12H22Cl2N4O. The number of amides is 1. The molecule has 0 saturated carbocycles. The lowest BCUT2D eigenvalue weighted by Crippen LogP contribution is -2.46. The van der Waals surface area contributed by atoms with E-state index in [1.54, 1.807) is 10.9 Å². The lowest BCUT2D eigenvalue weighted by atomic mass is 9.92. The first-order valence-corrected chi connectivity index (χ1v) is 6.17. The van der Waals surface area contributed by atoms with E-state index in [0.29, 0.717) is 12.5 Å². The van der Waals surface area contributed by atoms with Crippen LogP contribution in [0.1, 0.15) is 19.8 Å². The van der Waals surface area contributed by atoms with E-state index in [-0.39, 0.29) is 36.8 Å². The Morgan fingerprint density at radius 1 is 1.53 bits per heavy atom. The van der Waals surface area contributed by atoms with E-state index in [1.807, 2.05) is 24.1 Å². The average molecular weight is 309 g/mol. The molecule has 1 aromatic heterocycles. The van der Waals surface area contributed by atoms with Crippen LogP contribution in [-0.2, 0) is 11.3 Å². The number of aromatic nitrogens is 2. The zero-order valence-corrected chi connectivity index (χ0v) is 12.7. The summed E-state index contributed by atoms with van der Waals surface area (Å²) in [6, 6.07) is 1.99. The van der Waals surface area contributed by atoms with Gasteiger partial charge in [0, 0.05) is 31.5 Å². The molecule has 0 radical (unpaired) electrons. The number of hydrogen-bond donors (Lipinski definition) is 1. The summed E-state index contributed by atoms with van der Waals surface area (Å²) in [4.78, 5) is 14.0. The van der Waals surface area contributed by atoms with Crippen molar-refractivity contribution < 1.29 is 4.79 Å². The van der Waals surface area contributed by atoms with Gasteiger partial charge in [-0.3, -0.25) is 9.48 Å². The van der Waals surface area contributed by atoms with Crippen LogP contribution in [0.4, 0.5) is 0 Å². The van der Waals surface area contributed by atoms with Gasteiger partial charge in [0.25, 0.3) is 0 Å². The highest BCUT2D eigenvalue weighted by atomic mass is 35.5.